The van der Waals surface area contributed by atoms with E-state index in [9.17, 15) is 9.18 Å². The fourth-order valence-corrected chi connectivity index (χ4v) is 2.00. The number of carbonyl (C=O) groups excluding carboxylic acids is 1. The highest BCUT2D eigenvalue weighted by molar-refractivity contribution is 9.10. The van der Waals surface area contributed by atoms with Crippen LogP contribution in [0.4, 0.5) is 4.39 Å². The summed E-state index contributed by atoms with van der Waals surface area (Å²) in [6.45, 7) is 0. The van der Waals surface area contributed by atoms with Crippen molar-refractivity contribution in [3.8, 4) is 5.75 Å². The molecule has 0 atom stereocenters. The minimum Gasteiger partial charge on any atom is -0.497 e. The third kappa shape index (κ3) is 2.59. The maximum atomic E-state index is 13.1. The van der Waals surface area contributed by atoms with Gasteiger partial charge in [0.2, 0.25) is 0 Å². The van der Waals surface area contributed by atoms with Crippen LogP contribution >= 0.6 is 15.9 Å². The molecule has 2 rings (SSSR count). The monoisotopic (exact) mass is 308 g/mol. The summed E-state index contributed by atoms with van der Waals surface area (Å²) in [5.41, 5.74) is 0.794. The van der Waals surface area contributed by atoms with Crippen molar-refractivity contribution < 1.29 is 13.9 Å². The topological polar surface area (TPSA) is 26.3 Å². The molecular formula is C14H10BrFO2. The average Bonchev–Trinajstić information content (AvgIpc) is 2.41. The number of halogens is 2. The minimum atomic E-state index is -0.435. The largest absolute Gasteiger partial charge is 0.497 e. The second kappa shape index (κ2) is 5.31. The van der Waals surface area contributed by atoms with Crippen molar-refractivity contribution >= 4 is 21.7 Å². The second-order valence-corrected chi connectivity index (χ2v) is 4.54. The summed E-state index contributed by atoms with van der Waals surface area (Å²) in [5.74, 6) is 0.00366. The van der Waals surface area contributed by atoms with Gasteiger partial charge < -0.3 is 4.74 Å². The van der Waals surface area contributed by atoms with Crippen LogP contribution in [-0.2, 0) is 0 Å². The van der Waals surface area contributed by atoms with E-state index in [1.165, 1.54) is 18.2 Å². The summed E-state index contributed by atoms with van der Waals surface area (Å²) in [5, 5.41) is 0. The van der Waals surface area contributed by atoms with Crippen LogP contribution in [0.5, 0.6) is 5.75 Å². The van der Waals surface area contributed by atoms with Crippen LogP contribution < -0.4 is 4.74 Å². The van der Waals surface area contributed by atoms with E-state index in [4.69, 9.17) is 4.74 Å². The average molecular weight is 309 g/mol. The highest BCUT2D eigenvalue weighted by Gasteiger charge is 2.13. The molecule has 0 spiro atoms. The maximum absolute atomic E-state index is 13.1. The van der Waals surface area contributed by atoms with Gasteiger partial charge in [-0.25, -0.2) is 4.39 Å². The zero-order valence-corrected chi connectivity index (χ0v) is 11.2. The first-order chi connectivity index (χ1) is 8.61. The third-order valence-electron chi connectivity index (χ3n) is 2.53. The fraction of sp³-hybridized carbons (Fsp3) is 0.0714. The molecule has 0 aliphatic rings. The zero-order valence-electron chi connectivity index (χ0n) is 9.61. The zero-order chi connectivity index (χ0) is 13.1. The molecule has 0 radical (unpaired) electrons. The van der Waals surface area contributed by atoms with Gasteiger partial charge in [0.25, 0.3) is 0 Å². The summed E-state index contributed by atoms with van der Waals surface area (Å²) in [6.07, 6.45) is 0. The molecule has 0 unspecified atom stereocenters. The number of carbonyl (C=O) groups is 1. The Labute approximate surface area is 113 Å². The van der Waals surface area contributed by atoms with Gasteiger partial charge in [0.1, 0.15) is 11.6 Å². The number of hydrogen-bond acceptors (Lipinski definition) is 2. The molecule has 2 aromatic carbocycles. The number of ketones is 1. The van der Waals surface area contributed by atoms with Crippen molar-refractivity contribution in [3.63, 3.8) is 0 Å². The molecule has 92 valence electrons. The van der Waals surface area contributed by atoms with Gasteiger partial charge in [-0.05, 0) is 42.5 Å². The molecule has 0 aliphatic heterocycles. The molecule has 2 nitrogen and oxygen atoms in total. The van der Waals surface area contributed by atoms with E-state index in [2.05, 4.69) is 15.9 Å². The van der Waals surface area contributed by atoms with Gasteiger partial charge in [0.15, 0.2) is 5.78 Å². The normalized spacial score (nSPS) is 10.2. The lowest BCUT2D eigenvalue weighted by Crippen LogP contribution is -2.03. The van der Waals surface area contributed by atoms with Crippen molar-refractivity contribution in [2.24, 2.45) is 0 Å². The van der Waals surface area contributed by atoms with Gasteiger partial charge in [-0.3, -0.25) is 4.79 Å². The molecule has 2 aromatic rings. The lowest BCUT2D eigenvalue weighted by Gasteiger charge is -2.05. The summed E-state index contributed by atoms with van der Waals surface area (Å²) in [6, 6.07) is 10.7. The van der Waals surface area contributed by atoms with Crippen molar-refractivity contribution in [2.45, 2.75) is 0 Å². The Morgan fingerprint density at radius 1 is 1.17 bits per heavy atom. The van der Waals surface area contributed by atoms with Crippen LogP contribution in [0.1, 0.15) is 15.9 Å². The number of benzene rings is 2. The van der Waals surface area contributed by atoms with Crippen LogP contribution in [0.2, 0.25) is 0 Å². The molecule has 0 aromatic heterocycles. The van der Waals surface area contributed by atoms with Gasteiger partial charge in [0.05, 0.1) is 7.11 Å². The van der Waals surface area contributed by atoms with Crippen LogP contribution in [0.15, 0.2) is 46.9 Å². The number of hydrogen-bond donors (Lipinski definition) is 0. The maximum Gasteiger partial charge on any atom is 0.194 e. The van der Waals surface area contributed by atoms with Crippen LogP contribution in [0, 0.1) is 5.82 Å². The Kier molecular flexibility index (Phi) is 3.77. The van der Waals surface area contributed by atoms with Crippen molar-refractivity contribution in [2.75, 3.05) is 7.11 Å². The lowest BCUT2D eigenvalue weighted by atomic mass is 10.0. The van der Waals surface area contributed by atoms with E-state index >= 15 is 0 Å². The Bertz CT molecular complexity index is 579. The fourth-order valence-electron chi connectivity index (χ4n) is 1.57. The quantitative estimate of drug-likeness (QED) is 0.806. The summed E-state index contributed by atoms with van der Waals surface area (Å²) in [7, 11) is 1.56. The standard InChI is InChI=1S/C14H10BrFO2/c1-18-11-5-2-9(3-6-11)14(17)12-8-10(16)4-7-13(12)15/h2-8H,1H3. The summed E-state index contributed by atoms with van der Waals surface area (Å²) >= 11 is 3.24. The van der Waals surface area contributed by atoms with Crippen LogP contribution in [0.3, 0.4) is 0 Å². The van der Waals surface area contributed by atoms with E-state index < -0.39 is 5.82 Å². The molecular weight excluding hydrogens is 299 g/mol. The first kappa shape index (κ1) is 12.8. The molecule has 0 saturated heterocycles. The number of rotatable bonds is 3. The van der Waals surface area contributed by atoms with E-state index in [0.29, 0.717) is 21.3 Å². The van der Waals surface area contributed by atoms with Gasteiger partial charge in [0, 0.05) is 15.6 Å². The first-order valence-corrected chi connectivity index (χ1v) is 6.05. The van der Waals surface area contributed by atoms with Crippen molar-refractivity contribution in [1.82, 2.24) is 0 Å². The van der Waals surface area contributed by atoms with Crippen molar-refractivity contribution in [1.29, 1.82) is 0 Å². The SMILES string of the molecule is COc1ccc(C(=O)c2cc(F)ccc2Br)cc1. The molecule has 0 heterocycles. The summed E-state index contributed by atoms with van der Waals surface area (Å²) < 4.78 is 18.7. The van der Waals surface area contributed by atoms with Gasteiger partial charge in [-0.1, -0.05) is 15.9 Å². The summed E-state index contributed by atoms with van der Waals surface area (Å²) in [4.78, 5) is 12.2. The molecule has 0 aliphatic carbocycles. The van der Waals surface area contributed by atoms with Crippen LogP contribution in [-0.4, -0.2) is 12.9 Å². The molecule has 0 fully saturated rings. The Morgan fingerprint density at radius 2 is 1.83 bits per heavy atom. The van der Waals surface area contributed by atoms with Gasteiger partial charge >= 0.3 is 0 Å². The minimum absolute atomic E-state index is 0.232. The van der Waals surface area contributed by atoms with Gasteiger partial charge in [-0.2, -0.15) is 0 Å². The first-order valence-electron chi connectivity index (χ1n) is 5.25. The number of ether oxygens (including phenoxy) is 1. The molecule has 0 N–H and O–H groups in total. The predicted molar refractivity (Wildman–Crippen MR) is 70.5 cm³/mol. The number of methoxy groups -OCH3 is 1. The van der Waals surface area contributed by atoms with Crippen molar-refractivity contribution in [3.05, 3.63) is 63.9 Å². The Morgan fingerprint density at radius 3 is 2.44 bits per heavy atom. The Balaban J connectivity index is 2.38. The molecule has 18 heavy (non-hydrogen) atoms. The third-order valence-corrected chi connectivity index (χ3v) is 3.22. The molecule has 4 heteroatoms. The smallest absolute Gasteiger partial charge is 0.194 e. The van der Waals surface area contributed by atoms with E-state index in [1.54, 1.807) is 31.4 Å². The molecule has 0 bridgehead atoms. The molecule has 0 saturated carbocycles. The van der Waals surface area contributed by atoms with E-state index in [-0.39, 0.29) is 5.78 Å². The van der Waals surface area contributed by atoms with E-state index in [0.717, 1.165) is 0 Å². The predicted octanol–water partition coefficient (Wildman–Crippen LogP) is 3.83. The highest BCUT2D eigenvalue weighted by atomic mass is 79.9. The highest BCUT2D eigenvalue weighted by Crippen LogP contribution is 2.22. The lowest BCUT2D eigenvalue weighted by molar-refractivity contribution is 0.103. The van der Waals surface area contributed by atoms with Gasteiger partial charge in [-0.15, -0.1) is 0 Å². The second-order valence-electron chi connectivity index (χ2n) is 3.68. The van der Waals surface area contributed by atoms with E-state index in [1.807, 2.05) is 0 Å². The Hall–Kier alpha value is -1.68. The molecule has 0 amide bonds. The van der Waals surface area contributed by atoms with Crippen LogP contribution in [0.25, 0.3) is 0 Å².